The summed E-state index contributed by atoms with van der Waals surface area (Å²) >= 11 is 1.44. The lowest BCUT2D eigenvalue weighted by molar-refractivity contribution is -0.145. The van der Waals surface area contributed by atoms with E-state index in [1.807, 2.05) is 0 Å². The number of aromatic nitrogens is 1. The van der Waals surface area contributed by atoms with Gasteiger partial charge in [0.2, 0.25) is 11.8 Å². The summed E-state index contributed by atoms with van der Waals surface area (Å²) in [6.45, 7) is 3.16. The number of fused-ring (bicyclic) bond motifs is 1. The van der Waals surface area contributed by atoms with Gasteiger partial charge in [-0.2, -0.15) is 0 Å². The van der Waals surface area contributed by atoms with Gasteiger partial charge in [-0.25, -0.2) is 4.98 Å². The zero-order valence-electron chi connectivity index (χ0n) is 14.4. The number of anilines is 1. The molecule has 0 bridgehead atoms. The molecule has 1 fully saturated rings. The van der Waals surface area contributed by atoms with Crippen LogP contribution < -0.4 is 5.32 Å². The van der Waals surface area contributed by atoms with Crippen molar-refractivity contribution in [2.45, 2.75) is 52.0 Å². The number of rotatable bonds is 6. The molecule has 0 saturated heterocycles. The summed E-state index contributed by atoms with van der Waals surface area (Å²) in [5.41, 5.74) is 0.961. The molecule has 136 valence electrons. The van der Waals surface area contributed by atoms with E-state index in [0.29, 0.717) is 31.2 Å². The van der Waals surface area contributed by atoms with Crippen LogP contribution >= 0.6 is 11.3 Å². The van der Waals surface area contributed by atoms with Crippen LogP contribution in [0.3, 0.4) is 0 Å². The van der Waals surface area contributed by atoms with Gasteiger partial charge in [0.25, 0.3) is 0 Å². The molecule has 2 aliphatic rings. The molecule has 0 aromatic carbocycles. The summed E-state index contributed by atoms with van der Waals surface area (Å²) in [6, 6.07) is 0. The molecule has 1 saturated carbocycles. The molecule has 0 radical (unpaired) electrons. The number of nitrogens with one attached hydrogen (secondary N) is 1. The smallest absolute Gasteiger partial charge is 0.306 e. The number of hydrogen-bond acceptors (Lipinski definition) is 6. The Bertz CT molecular complexity index is 669. The summed E-state index contributed by atoms with van der Waals surface area (Å²) < 4.78 is 4.85. The first-order valence-electron chi connectivity index (χ1n) is 8.79. The van der Waals surface area contributed by atoms with Crippen LogP contribution in [0.4, 0.5) is 5.13 Å². The quantitative estimate of drug-likeness (QED) is 0.780. The summed E-state index contributed by atoms with van der Waals surface area (Å²) in [4.78, 5) is 42.9. The van der Waals surface area contributed by atoms with Crippen LogP contribution in [0.5, 0.6) is 0 Å². The average Bonchev–Trinajstić information content (AvgIpc) is 2.92. The van der Waals surface area contributed by atoms with Gasteiger partial charge in [0.1, 0.15) is 0 Å². The molecule has 2 amide bonds. The van der Waals surface area contributed by atoms with E-state index in [1.54, 1.807) is 11.8 Å². The maximum Gasteiger partial charge on any atom is 0.306 e. The van der Waals surface area contributed by atoms with E-state index in [9.17, 15) is 14.4 Å². The topological polar surface area (TPSA) is 88.6 Å². The van der Waals surface area contributed by atoms with Gasteiger partial charge in [-0.3, -0.25) is 14.4 Å². The first-order chi connectivity index (χ1) is 12.1. The molecule has 3 rings (SSSR count). The normalized spacial score (nSPS) is 16.8. The molecule has 1 aromatic heterocycles. The van der Waals surface area contributed by atoms with Crippen molar-refractivity contribution >= 4 is 34.3 Å². The Labute approximate surface area is 150 Å². The molecule has 8 heteroatoms. The zero-order chi connectivity index (χ0) is 17.8. The van der Waals surface area contributed by atoms with Gasteiger partial charge in [-0.1, -0.05) is 17.8 Å². The number of thiazole rings is 1. The first kappa shape index (κ1) is 17.8. The van der Waals surface area contributed by atoms with Crippen molar-refractivity contribution in [1.82, 2.24) is 9.88 Å². The minimum Gasteiger partial charge on any atom is -0.466 e. The van der Waals surface area contributed by atoms with Crippen molar-refractivity contribution in [2.24, 2.45) is 5.92 Å². The highest BCUT2D eigenvalue weighted by Gasteiger charge is 2.28. The third-order valence-electron chi connectivity index (χ3n) is 4.64. The van der Waals surface area contributed by atoms with Gasteiger partial charge in [0.05, 0.1) is 25.3 Å². The van der Waals surface area contributed by atoms with Crippen molar-refractivity contribution in [1.29, 1.82) is 0 Å². The second-order valence-corrected chi connectivity index (χ2v) is 7.46. The lowest BCUT2D eigenvalue weighted by Crippen LogP contribution is -2.35. The van der Waals surface area contributed by atoms with E-state index >= 15 is 0 Å². The van der Waals surface area contributed by atoms with Gasteiger partial charge < -0.3 is 15.0 Å². The van der Waals surface area contributed by atoms with Gasteiger partial charge in [0, 0.05) is 30.2 Å². The maximum absolute atomic E-state index is 12.3. The number of nitrogens with zero attached hydrogens (tertiary/aromatic N) is 2. The minimum atomic E-state index is -0.340. The molecule has 1 aromatic rings. The van der Waals surface area contributed by atoms with E-state index in [-0.39, 0.29) is 36.5 Å². The maximum atomic E-state index is 12.3. The summed E-state index contributed by atoms with van der Waals surface area (Å²) in [7, 11) is 0. The van der Waals surface area contributed by atoms with Crippen molar-refractivity contribution in [3.63, 3.8) is 0 Å². The molecule has 0 atom stereocenters. The van der Waals surface area contributed by atoms with Crippen LogP contribution in [0.15, 0.2) is 0 Å². The van der Waals surface area contributed by atoms with Gasteiger partial charge >= 0.3 is 5.97 Å². The minimum absolute atomic E-state index is 0.0489. The number of ether oxygens (including phenoxy) is 1. The molecular formula is C17H23N3O4S. The second kappa shape index (κ2) is 7.95. The fourth-order valence-corrected chi connectivity index (χ4v) is 3.97. The van der Waals surface area contributed by atoms with Crippen LogP contribution in [-0.4, -0.2) is 40.8 Å². The molecule has 0 unspecified atom stereocenters. The van der Waals surface area contributed by atoms with E-state index in [0.717, 1.165) is 29.8 Å². The lowest BCUT2D eigenvalue weighted by Gasteiger charge is -2.26. The summed E-state index contributed by atoms with van der Waals surface area (Å²) in [5.74, 6) is -0.207. The Balaban J connectivity index is 1.53. The van der Waals surface area contributed by atoms with Crippen LogP contribution in [0.1, 0.15) is 49.6 Å². The standard InChI is InChI=1S/C17H23N3O4S/c1-2-24-15(22)7-6-14(21)20-9-8-12-13(10-20)25-17(18-12)19-16(23)11-4-3-5-11/h11H,2-10H2,1H3,(H,18,19,23). The highest BCUT2D eigenvalue weighted by atomic mass is 32.1. The van der Waals surface area contributed by atoms with Crippen molar-refractivity contribution in [3.8, 4) is 0 Å². The average molecular weight is 365 g/mol. The number of hydrogen-bond donors (Lipinski definition) is 1. The first-order valence-corrected chi connectivity index (χ1v) is 9.61. The molecule has 7 nitrogen and oxygen atoms in total. The largest absolute Gasteiger partial charge is 0.466 e. The number of carbonyl (C=O) groups is 3. The molecule has 0 spiro atoms. The van der Waals surface area contributed by atoms with E-state index in [2.05, 4.69) is 10.3 Å². The van der Waals surface area contributed by atoms with Crippen molar-refractivity contribution in [2.75, 3.05) is 18.5 Å². The fourth-order valence-electron chi connectivity index (χ4n) is 2.94. The monoisotopic (exact) mass is 365 g/mol. The molecular weight excluding hydrogens is 342 g/mol. The van der Waals surface area contributed by atoms with E-state index in [1.165, 1.54) is 11.3 Å². The summed E-state index contributed by atoms with van der Waals surface area (Å²) in [6.07, 6.45) is 3.99. The number of amides is 2. The number of carbonyl (C=O) groups excluding carboxylic acids is 3. The Kier molecular flexibility index (Phi) is 5.67. The van der Waals surface area contributed by atoms with Crippen molar-refractivity contribution < 1.29 is 19.1 Å². The molecule has 25 heavy (non-hydrogen) atoms. The highest BCUT2D eigenvalue weighted by Crippen LogP contribution is 2.31. The molecule has 1 aliphatic heterocycles. The van der Waals surface area contributed by atoms with Crippen molar-refractivity contribution in [3.05, 3.63) is 10.6 Å². The fraction of sp³-hybridized carbons (Fsp3) is 0.647. The Morgan fingerprint density at radius 1 is 1.32 bits per heavy atom. The third kappa shape index (κ3) is 4.36. The third-order valence-corrected chi connectivity index (χ3v) is 5.64. The molecule has 1 N–H and O–H groups in total. The van der Waals surface area contributed by atoms with Crippen LogP contribution in [0.25, 0.3) is 0 Å². The SMILES string of the molecule is CCOC(=O)CCC(=O)N1CCc2nc(NC(=O)C3CCC3)sc2C1. The lowest BCUT2D eigenvalue weighted by atomic mass is 9.85. The van der Waals surface area contributed by atoms with Gasteiger partial charge in [-0.05, 0) is 19.8 Å². The van der Waals surface area contributed by atoms with Gasteiger partial charge in [0.15, 0.2) is 5.13 Å². The van der Waals surface area contributed by atoms with E-state index < -0.39 is 0 Å². The second-order valence-electron chi connectivity index (χ2n) is 6.38. The Hall–Kier alpha value is -1.96. The predicted molar refractivity (Wildman–Crippen MR) is 93.1 cm³/mol. The number of esters is 1. The van der Waals surface area contributed by atoms with Gasteiger partial charge in [-0.15, -0.1) is 0 Å². The molecule has 1 aliphatic carbocycles. The predicted octanol–water partition coefficient (Wildman–Crippen LogP) is 2.11. The zero-order valence-corrected chi connectivity index (χ0v) is 15.2. The van der Waals surface area contributed by atoms with Crippen LogP contribution in [-0.2, 0) is 32.1 Å². The highest BCUT2D eigenvalue weighted by molar-refractivity contribution is 7.15. The molecule has 2 heterocycles. The summed E-state index contributed by atoms with van der Waals surface area (Å²) in [5, 5.41) is 3.53. The Morgan fingerprint density at radius 2 is 2.12 bits per heavy atom. The Morgan fingerprint density at radius 3 is 2.80 bits per heavy atom. The van der Waals surface area contributed by atoms with Crippen LogP contribution in [0, 0.1) is 5.92 Å². The van der Waals surface area contributed by atoms with Crippen LogP contribution in [0.2, 0.25) is 0 Å². The van der Waals surface area contributed by atoms with E-state index in [4.69, 9.17) is 4.74 Å².